The van der Waals surface area contributed by atoms with Crippen LogP contribution in [0.1, 0.15) is 45.1 Å². The quantitative estimate of drug-likeness (QED) is 0.760. The number of hydrogen-bond acceptors (Lipinski definition) is 2. The second kappa shape index (κ2) is 7.49. The van der Waals surface area contributed by atoms with Crippen LogP contribution in [0.2, 0.25) is 0 Å². The fraction of sp³-hybridized carbons (Fsp3) is 0.556. The van der Waals surface area contributed by atoms with Gasteiger partial charge in [0, 0.05) is 18.3 Å². The minimum absolute atomic E-state index is 0.418. The summed E-state index contributed by atoms with van der Waals surface area (Å²) < 4.78 is 0. The lowest BCUT2D eigenvalue weighted by Crippen LogP contribution is -2.24. The number of rotatable bonds is 6. The zero-order chi connectivity index (χ0) is 14.4. The molecule has 2 nitrogen and oxygen atoms in total. The van der Waals surface area contributed by atoms with E-state index in [0.29, 0.717) is 17.9 Å². The lowest BCUT2D eigenvalue weighted by atomic mass is 9.96. The molecule has 0 radical (unpaired) electrons. The molecule has 0 spiro atoms. The molecule has 20 heavy (non-hydrogen) atoms. The zero-order valence-corrected chi connectivity index (χ0v) is 13.0. The monoisotopic (exact) mass is 272 g/mol. The molecule has 2 heteroatoms. The van der Waals surface area contributed by atoms with Gasteiger partial charge in [0.1, 0.15) is 0 Å². The Morgan fingerprint density at radius 3 is 2.95 bits per heavy atom. The summed E-state index contributed by atoms with van der Waals surface area (Å²) in [7, 11) is 0. The molecule has 1 aliphatic rings. The first-order valence-corrected chi connectivity index (χ1v) is 7.94. The van der Waals surface area contributed by atoms with E-state index in [9.17, 15) is 0 Å². The fourth-order valence-electron chi connectivity index (χ4n) is 2.86. The summed E-state index contributed by atoms with van der Waals surface area (Å²) in [5.74, 6) is 1.32. The van der Waals surface area contributed by atoms with Gasteiger partial charge in [-0.1, -0.05) is 44.6 Å². The van der Waals surface area contributed by atoms with E-state index in [4.69, 9.17) is 0 Å². The predicted molar refractivity (Wildman–Crippen MR) is 88.3 cm³/mol. The highest BCUT2D eigenvalue weighted by Crippen LogP contribution is 2.25. The highest BCUT2D eigenvalue weighted by Gasteiger charge is 2.17. The van der Waals surface area contributed by atoms with Crippen molar-refractivity contribution in [3.05, 3.63) is 42.0 Å². The Kier molecular flexibility index (Phi) is 5.66. The van der Waals surface area contributed by atoms with Crippen LogP contribution in [-0.2, 0) is 0 Å². The standard InChI is InChI=1S/C18H28N2/c1-4-7-18(14(3)5-2)20-17-9-6-8-15(12-17)16-10-11-19-13-16/h4,6-9,12,14,16,18-20H,5,10-11,13H2,1-3H3. The first kappa shape index (κ1) is 15.1. The lowest BCUT2D eigenvalue weighted by molar-refractivity contribution is 0.526. The van der Waals surface area contributed by atoms with Gasteiger partial charge in [-0.2, -0.15) is 0 Å². The highest BCUT2D eigenvalue weighted by molar-refractivity contribution is 5.48. The van der Waals surface area contributed by atoms with Gasteiger partial charge < -0.3 is 10.6 Å². The molecule has 1 heterocycles. The zero-order valence-electron chi connectivity index (χ0n) is 13.0. The molecular weight excluding hydrogens is 244 g/mol. The molecule has 1 aromatic carbocycles. The largest absolute Gasteiger partial charge is 0.379 e. The molecule has 0 aliphatic carbocycles. The summed E-state index contributed by atoms with van der Waals surface area (Å²) in [6, 6.07) is 9.37. The molecule has 1 fully saturated rings. The van der Waals surface area contributed by atoms with Crippen LogP contribution in [-0.4, -0.2) is 19.1 Å². The number of anilines is 1. The molecule has 3 atom stereocenters. The summed E-state index contributed by atoms with van der Waals surface area (Å²) >= 11 is 0. The van der Waals surface area contributed by atoms with E-state index in [1.54, 1.807) is 0 Å². The maximum absolute atomic E-state index is 3.69. The van der Waals surface area contributed by atoms with Gasteiger partial charge in [-0.05, 0) is 49.4 Å². The van der Waals surface area contributed by atoms with E-state index in [2.05, 4.69) is 67.8 Å². The van der Waals surface area contributed by atoms with Crippen molar-refractivity contribution in [1.82, 2.24) is 5.32 Å². The lowest BCUT2D eigenvalue weighted by Gasteiger charge is -2.23. The molecule has 0 bridgehead atoms. The van der Waals surface area contributed by atoms with Gasteiger partial charge in [0.05, 0.1) is 0 Å². The van der Waals surface area contributed by atoms with E-state index in [1.165, 1.54) is 24.1 Å². The van der Waals surface area contributed by atoms with Crippen molar-refractivity contribution in [3.63, 3.8) is 0 Å². The molecule has 0 aromatic heterocycles. The molecule has 2 N–H and O–H groups in total. The Bertz CT molecular complexity index is 433. The van der Waals surface area contributed by atoms with Crippen molar-refractivity contribution in [3.8, 4) is 0 Å². The van der Waals surface area contributed by atoms with Crippen molar-refractivity contribution in [2.75, 3.05) is 18.4 Å². The van der Waals surface area contributed by atoms with Gasteiger partial charge in [-0.15, -0.1) is 0 Å². The SMILES string of the molecule is CC=CC(Nc1cccc(C2CCNC2)c1)C(C)CC. The maximum Gasteiger partial charge on any atom is 0.0469 e. The predicted octanol–water partition coefficient (Wildman–Crippen LogP) is 4.17. The molecule has 110 valence electrons. The van der Waals surface area contributed by atoms with Crippen LogP contribution in [0.3, 0.4) is 0 Å². The van der Waals surface area contributed by atoms with E-state index in [0.717, 1.165) is 13.1 Å². The minimum Gasteiger partial charge on any atom is -0.379 e. The van der Waals surface area contributed by atoms with E-state index in [1.807, 2.05) is 0 Å². The van der Waals surface area contributed by atoms with Crippen LogP contribution in [0.4, 0.5) is 5.69 Å². The molecule has 2 rings (SSSR count). The molecule has 3 unspecified atom stereocenters. The Morgan fingerprint density at radius 1 is 1.45 bits per heavy atom. The molecule has 1 aliphatic heterocycles. The van der Waals surface area contributed by atoms with Crippen LogP contribution in [0.5, 0.6) is 0 Å². The average molecular weight is 272 g/mol. The third kappa shape index (κ3) is 3.86. The van der Waals surface area contributed by atoms with Gasteiger partial charge >= 0.3 is 0 Å². The summed E-state index contributed by atoms with van der Waals surface area (Å²) in [5.41, 5.74) is 2.71. The number of nitrogens with one attached hydrogen (secondary N) is 2. The molecule has 1 aromatic rings. The second-order valence-corrected chi connectivity index (χ2v) is 5.90. The minimum atomic E-state index is 0.418. The van der Waals surface area contributed by atoms with Crippen LogP contribution >= 0.6 is 0 Å². The third-order valence-corrected chi connectivity index (χ3v) is 4.41. The first-order valence-electron chi connectivity index (χ1n) is 7.94. The van der Waals surface area contributed by atoms with Gasteiger partial charge in [0.15, 0.2) is 0 Å². The summed E-state index contributed by atoms with van der Waals surface area (Å²) in [6.45, 7) is 8.92. The second-order valence-electron chi connectivity index (χ2n) is 5.90. The number of benzene rings is 1. The number of hydrogen-bond donors (Lipinski definition) is 2. The van der Waals surface area contributed by atoms with Gasteiger partial charge in [-0.3, -0.25) is 0 Å². The van der Waals surface area contributed by atoms with Crippen molar-refractivity contribution in [2.24, 2.45) is 5.92 Å². The van der Waals surface area contributed by atoms with Crippen molar-refractivity contribution in [1.29, 1.82) is 0 Å². The van der Waals surface area contributed by atoms with E-state index >= 15 is 0 Å². The van der Waals surface area contributed by atoms with E-state index < -0.39 is 0 Å². The van der Waals surface area contributed by atoms with Crippen LogP contribution in [0, 0.1) is 5.92 Å². The van der Waals surface area contributed by atoms with Crippen molar-refractivity contribution < 1.29 is 0 Å². The average Bonchev–Trinajstić information content (AvgIpc) is 3.00. The maximum atomic E-state index is 3.69. The van der Waals surface area contributed by atoms with Gasteiger partial charge in [0.2, 0.25) is 0 Å². The summed E-state index contributed by atoms with van der Waals surface area (Å²) in [6.07, 6.45) is 6.87. The van der Waals surface area contributed by atoms with Crippen molar-refractivity contribution >= 4 is 5.69 Å². The van der Waals surface area contributed by atoms with Gasteiger partial charge in [0.25, 0.3) is 0 Å². The van der Waals surface area contributed by atoms with Crippen LogP contribution in [0.25, 0.3) is 0 Å². The third-order valence-electron chi connectivity index (χ3n) is 4.41. The Morgan fingerprint density at radius 2 is 2.30 bits per heavy atom. The topological polar surface area (TPSA) is 24.1 Å². The normalized spacial score (nSPS) is 22.1. The summed E-state index contributed by atoms with van der Waals surface area (Å²) in [4.78, 5) is 0. The number of allylic oxidation sites excluding steroid dienone is 1. The molecular formula is C18H28N2. The highest BCUT2D eigenvalue weighted by atomic mass is 14.9. The summed E-state index contributed by atoms with van der Waals surface area (Å²) in [5, 5.41) is 7.13. The molecule has 0 amide bonds. The van der Waals surface area contributed by atoms with E-state index in [-0.39, 0.29) is 0 Å². The Labute approximate surface area is 123 Å². The Balaban J connectivity index is 2.09. The fourth-order valence-corrected chi connectivity index (χ4v) is 2.86. The van der Waals surface area contributed by atoms with Crippen LogP contribution < -0.4 is 10.6 Å². The van der Waals surface area contributed by atoms with Gasteiger partial charge in [-0.25, -0.2) is 0 Å². The molecule has 1 saturated heterocycles. The molecule has 0 saturated carbocycles. The van der Waals surface area contributed by atoms with Crippen molar-refractivity contribution in [2.45, 2.75) is 45.6 Å². The smallest absolute Gasteiger partial charge is 0.0469 e. The van der Waals surface area contributed by atoms with Crippen LogP contribution in [0.15, 0.2) is 36.4 Å². The first-order chi connectivity index (χ1) is 9.74. The Hall–Kier alpha value is -1.28.